The first-order valence-electron chi connectivity index (χ1n) is 3.23. The number of carboxylic acid groups (broad SMARTS) is 1. The van der Waals surface area contributed by atoms with Crippen LogP contribution in [0.3, 0.4) is 0 Å². The summed E-state index contributed by atoms with van der Waals surface area (Å²) in [5.41, 5.74) is 0.716. The van der Waals surface area contributed by atoms with Crippen LogP contribution in [-0.4, -0.2) is 11.0 Å². The van der Waals surface area contributed by atoms with Gasteiger partial charge in [-0.3, -0.25) is 0 Å². The van der Waals surface area contributed by atoms with Crippen molar-refractivity contribution in [3.63, 3.8) is 0 Å². The number of carbonyl (C=O) groups is 1. The second-order valence-electron chi connectivity index (χ2n) is 2.28. The van der Waals surface area contributed by atoms with Crippen molar-refractivity contribution in [1.29, 1.82) is 5.26 Å². The molecule has 0 radical (unpaired) electrons. The van der Waals surface area contributed by atoms with Crippen LogP contribution in [0.1, 0.15) is 21.6 Å². The molecule has 0 unspecified atom stereocenters. The van der Waals surface area contributed by atoms with Crippen LogP contribution < -0.4 is 24.0 Å². The first kappa shape index (κ1) is 11.7. The molecule has 0 saturated carbocycles. The zero-order chi connectivity index (χ0) is 9.14. The Hall–Kier alpha value is -1.29. The van der Waals surface area contributed by atoms with Crippen molar-refractivity contribution in [2.45, 2.75) is 6.92 Å². The number of aromatic nitrogens is 1. The van der Waals surface area contributed by atoms with Crippen LogP contribution in [0.5, 0.6) is 0 Å². The predicted octanol–water partition coefficient (Wildman–Crippen LogP) is -3.37. The fourth-order valence-electron chi connectivity index (χ4n) is 0.831. The Kier molecular flexibility index (Phi) is 4.20. The maximum absolute atomic E-state index is 10.4. The molecule has 1 aromatic heterocycles. The monoisotopic (exact) mass is 168 g/mol. The summed E-state index contributed by atoms with van der Waals surface area (Å²) in [6.07, 6.45) is 1.13. The summed E-state index contributed by atoms with van der Waals surface area (Å²) in [7, 11) is 0. The van der Waals surface area contributed by atoms with E-state index in [1.807, 2.05) is 6.07 Å². The quantitative estimate of drug-likeness (QED) is 0.410. The van der Waals surface area contributed by atoms with Crippen LogP contribution in [0, 0.1) is 18.3 Å². The Morgan fingerprint density at radius 2 is 2.31 bits per heavy atom. The van der Waals surface area contributed by atoms with E-state index in [0.29, 0.717) is 5.56 Å². The first-order valence-corrected chi connectivity index (χ1v) is 3.23. The average molecular weight is 168 g/mol. The molecule has 0 spiro atoms. The Bertz CT molecular complexity index is 371. The van der Waals surface area contributed by atoms with Gasteiger partial charge < -0.3 is 9.90 Å². The molecule has 0 saturated heterocycles. The molecule has 0 aliphatic carbocycles. The minimum absolute atomic E-state index is 0. The standard InChI is InChI=1S/C8H6N2O2.Li/c1-5-2-6(3-9)10-4-7(5)8(11)12;/h2,4H,1H3,(H,11,12);/q;+1/p-1. The molecule has 0 aliphatic heterocycles. The van der Waals surface area contributed by atoms with E-state index in [2.05, 4.69) is 4.98 Å². The number of carboxylic acids is 1. The van der Waals surface area contributed by atoms with E-state index in [1.165, 1.54) is 6.07 Å². The van der Waals surface area contributed by atoms with Crippen LogP contribution >= 0.6 is 0 Å². The molecule has 0 N–H and O–H groups in total. The molecular formula is C8H5LiN2O2. The summed E-state index contributed by atoms with van der Waals surface area (Å²) in [6, 6.07) is 3.22. The summed E-state index contributed by atoms with van der Waals surface area (Å²) in [6.45, 7) is 1.59. The Balaban J connectivity index is 0.00000144. The minimum Gasteiger partial charge on any atom is -0.545 e. The van der Waals surface area contributed by atoms with E-state index < -0.39 is 5.97 Å². The average Bonchev–Trinajstić information content (AvgIpc) is 2.03. The van der Waals surface area contributed by atoms with Gasteiger partial charge in [0.05, 0.1) is 5.97 Å². The number of hydrogen-bond acceptors (Lipinski definition) is 4. The molecule has 0 amide bonds. The second-order valence-corrected chi connectivity index (χ2v) is 2.28. The zero-order valence-electron chi connectivity index (χ0n) is 7.37. The maximum Gasteiger partial charge on any atom is 1.00 e. The third-order valence-electron chi connectivity index (χ3n) is 1.45. The third-order valence-corrected chi connectivity index (χ3v) is 1.45. The molecule has 60 valence electrons. The maximum atomic E-state index is 10.4. The van der Waals surface area contributed by atoms with Gasteiger partial charge in [-0.15, -0.1) is 0 Å². The number of aromatic carboxylic acids is 1. The number of pyridine rings is 1. The molecule has 1 aromatic rings. The fraction of sp³-hybridized carbons (Fsp3) is 0.125. The SMILES string of the molecule is Cc1cc(C#N)ncc1C(=O)[O-].[Li+]. The van der Waals surface area contributed by atoms with Crippen molar-refractivity contribution >= 4 is 5.97 Å². The van der Waals surface area contributed by atoms with Crippen LogP contribution in [-0.2, 0) is 0 Å². The van der Waals surface area contributed by atoms with E-state index in [4.69, 9.17) is 5.26 Å². The molecule has 4 nitrogen and oxygen atoms in total. The largest absolute Gasteiger partial charge is 1.00 e. The van der Waals surface area contributed by atoms with Crippen LogP contribution in [0.25, 0.3) is 0 Å². The van der Waals surface area contributed by atoms with Gasteiger partial charge in [-0.05, 0) is 18.6 Å². The molecule has 1 heterocycles. The Labute approximate surface area is 87.4 Å². The smallest absolute Gasteiger partial charge is 0.545 e. The van der Waals surface area contributed by atoms with Gasteiger partial charge >= 0.3 is 18.9 Å². The van der Waals surface area contributed by atoms with Gasteiger partial charge in [-0.25, -0.2) is 4.98 Å². The number of nitrogens with zero attached hydrogens (tertiary/aromatic N) is 2. The minimum atomic E-state index is -1.27. The van der Waals surface area contributed by atoms with Crippen LogP contribution in [0.15, 0.2) is 12.3 Å². The summed E-state index contributed by atoms with van der Waals surface area (Å²) in [5.74, 6) is -1.27. The van der Waals surface area contributed by atoms with Crippen molar-refractivity contribution in [1.82, 2.24) is 4.98 Å². The molecule has 0 bridgehead atoms. The van der Waals surface area contributed by atoms with Gasteiger partial charge in [0, 0.05) is 11.8 Å². The van der Waals surface area contributed by atoms with E-state index >= 15 is 0 Å². The predicted molar refractivity (Wildman–Crippen MR) is 38.0 cm³/mol. The van der Waals surface area contributed by atoms with Gasteiger partial charge in [0.15, 0.2) is 0 Å². The van der Waals surface area contributed by atoms with Gasteiger partial charge in [0.2, 0.25) is 0 Å². The van der Waals surface area contributed by atoms with Crippen molar-refractivity contribution in [2.75, 3.05) is 0 Å². The summed E-state index contributed by atoms with van der Waals surface area (Å²) in [5, 5.41) is 18.8. The summed E-state index contributed by atoms with van der Waals surface area (Å²) >= 11 is 0. The van der Waals surface area contributed by atoms with E-state index in [9.17, 15) is 9.90 Å². The van der Waals surface area contributed by atoms with Crippen molar-refractivity contribution in [3.05, 3.63) is 29.1 Å². The van der Waals surface area contributed by atoms with Crippen molar-refractivity contribution in [2.24, 2.45) is 0 Å². The number of hydrogen-bond donors (Lipinski definition) is 0. The molecule has 13 heavy (non-hydrogen) atoms. The zero-order valence-corrected chi connectivity index (χ0v) is 7.37. The molecule has 0 aliphatic rings. The van der Waals surface area contributed by atoms with Gasteiger partial charge in [0.25, 0.3) is 0 Å². The van der Waals surface area contributed by atoms with Gasteiger partial charge in [0.1, 0.15) is 11.8 Å². The molecule has 0 fully saturated rings. The first-order chi connectivity index (χ1) is 5.65. The van der Waals surface area contributed by atoms with E-state index in [1.54, 1.807) is 6.92 Å². The summed E-state index contributed by atoms with van der Waals surface area (Å²) < 4.78 is 0. The summed E-state index contributed by atoms with van der Waals surface area (Å²) in [4.78, 5) is 14.0. The molecule has 5 heteroatoms. The topological polar surface area (TPSA) is 76.8 Å². The van der Waals surface area contributed by atoms with Crippen molar-refractivity contribution < 1.29 is 28.8 Å². The third kappa shape index (κ3) is 2.59. The van der Waals surface area contributed by atoms with Gasteiger partial charge in [-0.2, -0.15) is 5.26 Å². The number of aryl methyl sites for hydroxylation is 1. The normalized spacial score (nSPS) is 8.31. The van der Waals surface area contributed by atoms with E-state index in [0.717, 1.165) is 6.20 Å². The number of nitriles is 1. The van der Waals surface area contributed by atoms with Crippen LogP contribution in [0.2, 0.25) is 0 Å². The van der Waals surface area contributed by atoms with Crippen LogP contribution in [0.4, 0.5) is 0 Å². The number of carbonyl (C=O) groups excluding carboxylic acids is 1. The second kappa shape index (κ2) is 4.66. The molecule has 0 aromatic carbocycles. The Morgan fingerprint density at radius 3 is 2.69 bits per heavy atom. The molecule has 0 atom stereocenters. The Morgan fingerprint density at radius 1 is 1.69 bits per heavy atom. The van der Waals surface area contributed by atoms with E-state index in [-0.39, 0.29) is 30.1 Å². The number of rotatable bonds is 1. The molecule has 1 rings (SSSR count). The van der Waals surface area contributed by atoms with Gasteiger partial charge in [-0.1, -0.05) is 0 Å². The fourth-order valence-corrected chi connectivity index (χ4v) is 0.831. The van der Waals surface area contributed by atoms with Crippen molar-refractivity contribution in [3.8, 4) is 6.07 Å². The molecular weight excluding hydrogens is 163 g/mol.